The Balaban J connectivity index is 1.74. The van der Waals surface area contributed by atoms with Gasteiger partial charge in [0, 0.05) is 56.1 Å². The third kappa shape index (κ3) is 4.35. The van der Waals surface area contributed by atoms with Gasteiger partial charge in [-0.2, -0.15) is 0 Å². The minimum Gasteiger partial charge on any atom is -0.337 e. The van der Waals surface area contributed by atoms with E-state index in [1.165, 1.54) is 0 Å². The van der Waals surface area contributed by atoms with E-state index >= 15 is 0 Å². The number of nitrogens with zero attached hydrogens (tertiary/aromatic N) is 3. The zero-order chi connectivity index (χ0) is 21.1. The topological polar surface area (TPSA) is 42.9 Å². The van der Waals surface area contributed by atoms with E-state index in [0.29, 0.717) is 17.6 Å². The first kappa shape index (κ1) is 20.8. The van der Waals surface area contributed by atoms with E-state index in [1.54, 1.807) is 12.1 Å². The summed E-state index contributed by atoms with van der Waals surface area (Å²) < 4.78 is 14.8. The fourth-order valence-corrected chi connectivity index (χ4v) is 4.52. The van der Waals surface area contributed by atoms with Crippen LogP contribution >= 0.6 is 0 Å². The van der Waals surface area contributed by atoms with Crippen molar-refractivity contribution in [3.8, 4) is 0 Å². The first-order valence-corrected chi connectivity index (χ1v) is 10.9. The number of piperazine rings is 1. The highest BCUT2D eigenvalue weighted by molar-refractivity contribution is 5.96. The van der Waals surface area contributed by atoms with E-state index < -0.39 is 0 Å². The van der Waals surface area contributed by atoms with Crippen LogP contribution in [0.5, 0.6) is 0 Å². The molecule has 1 fully saturated rings. The Morgan fingerprint density at radius 2 is 2.23 bits per heavy atom. The molecule has 4 rings (SSSR count). The van der Waals surface area contributed by atoms with Crippen LogP contribution in [0.2, 0.25) is 0 Å². The van der Waals surface area contributed by atoms with Gasteiger partial charge in [0.05, 0.1) is 6.54 Å². The SMILES string of the molecule is C=C/C1=C2/NC(=NCCN3CC(CC)NCC3CCc3ccc(F)c1c3)C=CN2C. The van der Waals surface area contributed by atoms with Crippen LogP contribution in [-0.4, -0.2) is 60.9 Å². The molecule has 1 aromatic rings. The van der Waals surface area contributed by atoms with Crippen LogP contribution in [-0.2, 0) is 6.42 Å². The second-order valence-corrected chi connectivity index (χ2v) is 8.30. The Morgan fingerprint density at radius 1 is 1.37 bits per heavy atom. The van der Waals surface area contributed by atoms with Gasteiger partial charge in [-0.3, -0.25) is 9.89 Å². The number of amidine groups is 1. The summed E-state index contributed by atoms with van der Waals surface area (Å²) in [6.07, 6.45) is 8.75. The molecule has 2 atom stereocenters. The van der Waals surface area contributed by atoms with Gasteiger partial charge in [0.25, 0.3) is 0 Å². The minimum atomic E-state index is -0.233. The molecule has 1 saturated heterocycles. The predicted molar refractivity (Wildman–Crippen MR) is 122 cm³/mol. The third-order valence-electron chi connectivity index (χ3n) is 6.38. The summed E-state index contributed by atoms with van der Waals surface area (Å²) in [6.45, 7) is 9.93. The lowest BCUT2D eigenvalue weighted by molar-refractivity contribution is 0.126. The average molecular weight is 410 g/mol. The summed E-state index contributed by atoms with van der Waals surface area (Å²) in [5.74, 6) is 1.36. The van der Waals surface area contributed by atoms with Crippen molar-refractivity contribution in [1.29, 1.82) is 0 Å². The Hall–Kier alpha value is -2.44. The molecule has 3 aliphatic heterocycles. The smallest absolute Gasteiger partial charge is 0.131 e. The molecule has 0 spiro atoms. The molecule has 3 heterocycles. The van der Waals surface area contributed by atoms with Gasteiger partial charge in [0.2, 0.25) is 0 Å². The summed E-state index contributed by atoms with van der Waals surface area (Å²) in [7, 11) is 1.94. The number of benzene rings is 1. The highest BCUT2D eigenvalue weighted by Gasteiger charge is 2.27. The number of nitrogens with one attached hydrogen (secondary N) is 2. The summed E-state index contributed by atoms with van der Waals surface area (Å²) >= 11 is 0. The van der Waals surface area contributed by atoms with E-state index in [2.05, 4.69) is 29.0 Å². The van der Waals surface area contributed by atoms with E-state index in [-0.39, 0.29) is 5.82 Å². The molecule has 5 nitrogen and oxygen atoms in total. The molecule has 3 aliphatic rings. The van der Waals surface area contributed by atoms with E-state index in [4.69, 9.17) is 4.99 Å². The predicted octanol–water partition coefficient (Wildman–Crippen LogP) is 3.13. The number of hydrogen-bond acceptors (Lipinski definition) is 5. The quantitative estimate of drug-likeness (QED) is 0.788. The molecule has 30 heavy (non-hydrogen) atoms. The fourth-order valence-electron chi connectivity index (χ4n) is 4.52. The van der Waals surface area contributed by atoms with Crippen LogP contribution in [0.4, 0.5) is 4.39 Å². The highest BCUT2D eigenvalue weighted by Crippen LogP contribution is 2.27. The molecule has 0 radical (unpaired) electrons. The zero-order valence-electron chi connectivity index (χ0n) is 18.0. The molecule has 4 bridgehead atoms. The summed E-state index contributed by atoms with van der Waals surface area (Å²) in [6, 6.07) is 6.48. The van der Waals surface area contributed by atoms with Crippen LogP contribution in [0, 0.1) is 5.82 Å². The molecule has 6 heteroatoms. The maximum Gasteiger partial charge on any atom is 0.131 e. The van der Waals surface area contributed by atoms with Crippen LogP contribution in [0.15, 0.2) is 53.9 Å². The summed E-state index contributed by atoms with van der Waals surface area (Å²) in [4.78, 5) is 9.33. The highest BCUT2D eigenvalue weighted by atomic mass is 19.1. The normalized spacial score (nSPS) is 27.6. The summed E-state index contributed by atoms with van der Waals surface area (Å²) in [5.41, 5.74) is 2.48. The zero-order valence-corrected chi connectivity index (χ0v) is 18.0. The molecule has 0 saturated carbocycles. The lowest BCUT2D eigenvalue weighted by atomic mass is 9.96. The van der Waals surface area contributed by atoms with Gasteiger partial charge in [-0.25, -0.2) is 4.39 Å². The number of halogens is 1. The molecular weight excluding hydrogens is 377 g/mol. The molecule has 2 unspecified atom stereocenters. The minimum absolute atomic E-state index is 0.233. The molecule has 0 aromatic heterocycles. The second-order valence-electron chi connectivity index (χ2n) is 8.30. The van der Waals surface area contributed by atoms with Gasteiger partial charge >= 0.3 is 0 Å². The lowest BCUT2D eigenvalue weighted by Gasteiger charge is -2.40. The molecular formula is C24H32FN5. The summed E-state index contributed by atoms with van der Waals surface area (Å²) in [5, 5.41) is 7.07. The maximum absolute atomic E-state index is 14.8. The Labute approximate surface area is 179 Å². The van der Waals surface area contributed by atoms with Gasteiger partial charge in [-0.15, -0.1) is 0 Å². The van der Waals surface area contributed by atoms with Gasteiger partial charge in [0.15, 0.2) is 0 Å². The first-order valence-electron chi connectivity index (χ1n) is 10.9. The van der Waals surface area contributed by atoms with E-state index in [0.717, 1.165) is 68.2 Å². The van der Waals surface area contributed by atoms with Crippen LogP contribution < -0.4 is 10.6 Å². The van der Waals surface area contributed by atoms with Crippen molar-refractivity contribution >= 4 is 11.4 Å². The maximum atomic E-state index is 14.8. The molecule has 160 valence electrons. The van der Waals surface area contributed by atoms with Crippen molar-refractivity contribution in [2.24, 2.45) is 4.99 Å². The first-order chi connectivity index (χ1) is 14.6. The molecule has 1 aromatic carbocycles. The molecule has 0 amide bonds. The largest absolute Gasteiger partial charge is 0.337 e. The van der Waals surface area contributed by atoms with Crippen LogP contribution in [0.1, 0.15) is 30.9 Å². The Bertz CT molecular complexity index is 888. The van der Waals surface area contributed by atoms with Crippen molar-refractivity contribution < 1.29 is 4.39 Å². The molecule has 2 N–H and O–H groups in total. The van der Waals surface area contributed by atoms with Crippen molar-refractivity contribution in [3.05, 3.63) is 65.9 Å². The standard InChI is InChI=1S/C24H32FN5/c1-4-18-16-30-13-11-26-23-10-12-29(3)24(28-23)20(5-2)21-14-17(7-9-22(21)25)6-8-19(30)15-27-18/h5,7,9-10,12,14,18-19,27H,2,4,6,8,11,13,15-16H2,1,3H3,(H,26,28)/b24-20+. The van der Waals surface area contributed by atoms with Crippen LogP contribution in [0.3, 0.4) is 0 Å². The van der Waals surface area contributed by atoms with Gasteiger partial charge in [-0.05, 0) is 43.0 Å². The van der Waals surface area contributed by atoms with Crippen molar-refractivity contribution in [2.75, 3.05) is 33.2 Å². The lowest BCUT2D eigenvalue weighted by Crippen LogP contribution is -2.56. The Morgan fingerprint density at radius 3 is 3.03 bits per heavy atom. The van der Waals surface area contributed by atoms with E-state index in [9.17, 15) is 4.39 Å². The van der Waals surface area contributed by atoms with Gasteiger partial charge < -0.3 is 15.5 Å². The average Bonchev–Trinajstić information content (AvgIpc) is 2.76. The second kappa shape index (κ2) is 9.14. The third-order valence-corrected chi connectivity index (χ3v) is 6.38. The van der Waals surface area contributed by atoms with Crippen molar-refractivity contribution in [3.63, 3.8) is 0 Å². The number of allylic oxidation sites excluding steroid dienone is 2. The number of fused-ring (bicyclic) bond motifs is 5. The fraction of sp³-hybridized carbons (Fsp3) is 0.458. The van der Waals surface area contributed by atoms with Gasteiger partial charge in [0.1, 0.15) is 17.5 Å². The van der Waals surface area contributed by atoms with Crippen molar-refractivity contribution in [1.82, 2.24) is 20.4 Å². The van der Waals surface area contributed by atoms with Gasteiger partial charge in [-0.1, -0.05) is 25.6 Å². The number of aryl methyl sites for hydroxylation is 1. The van der Waals surface area contributed by atoms with Crippen LogP contribution in [0.25, 0.3) is 5.57 Å². The van der Waals surface area contributed by atoms with E-state index in [1.807, 2.05) is 36.4 Å². The van der Waals surface area contributed by atoms with Crippen molar-refractivity contribution in [2.45, 2.75) is 38.3 Å². The number of hydrogen-bond donors (Lipinski definition) is 2. The molecule has 0 aliphatic carbocycles. The Kier molecular flexibility index (Phi) is 6.35. The monoisotopic (exact) mass is 409 g/mol. The number of aliphatic imine (C=N–C) groups is 1. The number of rotatable bonds is 2.